The number of hydrogen-bond donors (Lipinski definition) is 0. The van der Waals surface area contributed by atoms with Crippen molar-refractivity contribution in [2.75, 3.05) is 0 Å². The summed E-state index contributed by atoms with van der Waals surface area (Å²) in [5, 5.41) is 0. The van der Waals surface area contributed by atoms with Crippen LogP contribution >= 0.6 is 0 Å². The van der Waals surface area contributed by atoms with E-state index in [1.165, 1.54) is 0 Å². The Balaban J connectivity index is 1.67. The maximum absolute atomic E-state index is 6.35. The fourth-order valence-electron chi connectivity index (χ4n) is 3.39. The van der Waals surface area contributed by atoms with Crippen molar-refractivity contribution in [3.63, 3.8) is 0 Å². The van der Waals surface area contributed by atoms with Crippen molar-refractivity contribution in [2.45, 2.75) is 63.9 Å². The van der Waals surface area contributed by atoms with E-state index in [1.54, 1.807) is 12.5 Å². The van der Waals surface area contributed by atoms with Crippen molar-refractivity contribution >= 4 is 0 Å². The zero-order valence-corrected chi connectivity index (χ0v) is 11.9. The summed E-state index contributed by atoms with van der Waals surface area (Å²) in [5.74, 6) is 0.543. The van der Waals surface area contributed by atoms with Crippen molar-refractivity contribution in [3.8, 4) is 0 Å². The van der Waals surface area contributed by atoms with Gasteiger partial charge in [0.25, 0.3) is 0 Å². The summed E-state index contributed by atoms with van der Waals surface area (Å²) in [4.78, 5) is 8.12. The first-order valence-electron chi connectivity index (χ1n) is 7.11. The van der Waals surface area contributed by atoms with Gasteiger partial charge in [0.2, 0.25) is 0 Å². The van der Waals surface area contributed by atoms with Gasteiger partial charge in [0.05, 0.1) is 29.6 Å². The molecule has 3 atom stereocenters. The highest BCUT2D eigenvalue weighted by atomic mass is 16.6. The van der Waals surface area contributed by atoms with E-state index in [0.29, 0.717) is 12.5 Å². The molecule has 19 heavy (non-hydrogen) atoms. The monoisotopic (exact) mass is 262 g/mol. The standard InChI is InChI=1S/C15H22N2O2/c1-11(2)15-6-5-14(3,19-15)13(8-15)18-9-12-4-7-16-10-17-12/h4,7,10-11,13H,5-6,8-9H2,1-3H3/t13-,14+,15-/m0/s1. The molecule has 0 unspecified atom stereocenters. The lowest BCUT2D eigenvalue weighted by Gasteiger charge is -2.31. The molecule has 1 aromatic heterocycles. The van der Waals surface area contributed by atoms with E-state index >= 15 is 0 Å². The molecule has 3 heterocycles. The van der Waals surface area contributed by atoms with Crippen LogP contribution in [-0.4, -0.2) is 27.3 Å². The van der Waals surface area contributed by atoms with Crippen molar-refractivity contribution in [1.82, 2.24) is 9.97 Å². The Morgan fingerprint density at radius 3 is 2.95 bits per heavy atom. The summed E-state index contributed by atoms with van der Waals surface area (Å²) >= 11 is 0. The van der Waals surface area contributed by atoms with Crippen molar-refractivity contribution in [2.24, 2.45) is 5.92 Å². The quantitative estimate of drug-likeness (QED) is 0.837. The van der Waals surface area contributed by atoms with Gasteiger partial charge in [-0.3, -0.25) is 0 Å². The van der Waals surface area contributed by atoms with E-state index in [0.717, 1.165) is 25.0 Å². The summed E-state index contributed by atoms with van der Waals surface area (Å²) in [6.45, 7) is 7.23. The third-order valence-electron chi connectivity index (χ3n) is 4.82. The van der Waals surface area contributed by atoms with E-state index in [-0.39, 0.29) is 17.3 Å². The van der Waals surface area contributed by atoms with E-state index in [4.69, 9.17) is 9.47 Å². The second kappa shape index (κ2) is 4.53. The van der Waals surface area contributed by atoms with Gasteiger partial charge >= 0.3 is 0 Å². The number of nitrogens with zero attached hydrogens (tertiary/aromatic N) is 2. The average molecular weight is 262 g/mol. The van der Waals surface area contributed by atoms with Gasteiger partial charge in [0.15, 0.2) is 0 Å². The van der Waals surface area contributed by atoms with Gasteiger partial charge < -0.3 is 9.47 Å². The second-order valence-corrected chi connectivity index (χ2v) is 6.34. The maximum Gasteiger partial charge on any atom is 0.115 e. The lowest BCUT2D eigenvalue weighted by Crippen LogP contribution is -2.38. The molecule has 2 aliphatic rings. The molecule has 0 aromatic carbocycles. The Hall–Kier alpha value is -1.00. The van der Waals surface area contributed by atoms with Crippen LogP contribution in [0.4, 0.5) is 0 Å². The van der Waals surface area contributed by atoms with E-state index in [9.17, 15) is 0 Å². The molecule has 2 bridgehead atoms. The van der Waals surface area contributed by atoms with Crippen LogP contribution in [0, 0.1) is 5.92 Å². The lowest BCUT2D eigenvalue weighted by atomic mass is 9.75. The fraction of sp³-hybridized carbons (Fsp3) is 0.733. The molecule has 0 aliphatic carbocycles. The van der Waals surface area contributed by atoms with Crippen LogP contribution in [0.5, 0.6) is 0 Å². The van der Waals surface area contributed by atoms with Gasteiger partial charge in [-0.2, -0.15) is 0 Å². The zero-order chi connectivity index (χ0) is 13.5. The number of fused-ring (bicyclic) bond motifs is 2. The van der Waals surface area contributed by atoms with Crippen LogP contribution in [-0.2, 0) is 16.1 Å². The van der Waals surface area contributed by atoms with E-state index in [2.05, 4.69) is 30.7 Å². The predicted octanol–water partition coefficient (Wildman–Crippen LogP) is 2.73. The van der Waals surface area contributed by atoms with Gasteiger partial charge in [0, 0.05) is 12.6 Å². The third-order valence-corrected chi connectivity index (χ3v) is 4.82. The highest BCUT2D eigenvalue weighted by Gasteiger charge is 2.60. The van der Waals surface area contributed by atoms with Gasteiger partial charge in [-0.15, -0.1) is 0 Å². The summed E-state index contributed by atoms with van der Waals surface area (Å²) in [6.07, 6.45) is 6.76. The Bertz CT molecular complexity index is 451. The Labute approximate surface area is 114 Å². The molecule has 0 amide bonds. The van der Waals surface area contributed by atoms with Crippen molar-refractivity contribution in [3.05, 3.63) is 24.3 Å². The normalized spacial score (nSPS) is 37.2. The molecule has 2 aliphatic heterocycles. The highest BCUT2D eigenvalue weighted by molar-refractivity contribution is 5.10. The number of rotatable bonds is 4. The van der Waals surface area contributed by atoms with Gasteiger partial charge in [0.1, 0.15) is 6.33 Å². The summed E-state index contributed by atoms with van der Waals surface area (Å²) in [7, 11) is 0. The molecule has 0 spiro atoms. The van der Waals surface area contributed by atoms with Crippen molar-refractivity contribution in [1.29, 1.82) is 0 Å². The zero-order valence-electron chi connectivity index (χ0n) is 11.9. The molecule has 2 fully saturated rings. The number of ether oxygens (including phenoxy) is 2. The highest BCUT2D eigenvalue weighted by Crippen LogP contribution is 2.55. The molecule has 1 aromatic rings. The van der Waals surface area contributed by atoms with Crippen molar-refractivity contribution < 1.29 is 9.47 Å². The van der Waals surface area contributed by atoms with Gasteiger partial charge in [-0.1, -0.05) is 13.8 Å². The average Bonchev–Trinajstić information content (AvgIpc) is 2.90. The molecular formula is C15H22N2O2. The van der Waals surface area contributed by atoms with Gasteiger partial charge in [-0.05, 0) is 31.7 Å². The first kappa shape index (κ1) is 13.0. The van der Waals surface area contributed by atoms with Crippen LogP contribution in [0.15, 0.2) is 18.6 Å². The predicted molar refractivity (Wildman–Crippen MR) is 71.5 cm³/mol. The van der Waals surface area contributed by atoms with Crippen LogP contribution in [0.3, 0.4) is 0 Å². The lowest BCUT2D eigenvalue weighted by molar-refractivity contribution is -0.0963. The molecular weight excluding hydrogens is 240 g/mol. The molecule has 0 saturated carbocycles. The molecule has 0 N–H and O–H groups in total. The smallest absolute Gasteiger partial charge is 0.115 e. The molecule has 2 saturated heterocycles. The van der Waals surface area contributed by atoms with Gasteiger partial charge in [-0.25, -0.2) is 9.97 Å². The van der Waals surface area contributed by atoms with Crippen LogP contribution in [0.2, 0.25) is 0 Å². The number of hydrogen-bond acceptors (Lipinski definition) is 4. The summed E-state index contributed by atoms with van der Waals surface area (Å²) in [6, 6.07) is 1.90. The van der Waals surface area contributed by atoms with E-state index < -0.39 is 0 Å². The molecule has 3 rings (SSSR count). The van der Waals surface area contributed by atoms with Crippen LogP contribution in [0.25, 0.3) is 0 Å². The third kappa shape index (κ3) is 2.17. The van der Waals surface area contributed by atoms with Crippen LogP contribution in [0.1, 0.15) is 45.7 Å². The minimum atomic E-state index is -0.114. The molecule has 4 nitrogen and oxygen atoms in total. The van der Waals surface area contributed by atoms with Crippen LogP contribution < -0.4 is 0 Å². The Morgan fingerprint density at radius 1 is 1.47 bits per heavy atom. The minimum absolute atomic E-state index is 0.0328. The SMILES string of the molecule is CC(C)[C@@]12CC[C@@](C)(O1)[C@@H](OCc1ccncn1)C2. The summed E-state index contributed by atoms with van der Waals surface area (Å²) in [5.41, 5.74) is 0.850. The summed E-state index contributed by atoms with van der Waals surface area (Å²) < 4.78 is 12.4. The maximum atomic E-state index is 6.35. The Kier molecular flexibility index (Phi) is 3.10. The molecule has 0 radical (unpaired) electrons. The number of aromatic nitrogens is 2. The largest absolute Gasteiger partial charge is 0.369 e. The molecule has 4 heteroatoms. The first-order valence-corrected chi connectivity index (χ1v) is 7.11. The topological polar surface area (TPSA) is 44.2 Å². The molecule has 104 valence electrons. The fourth-order valence-corrected chi connectivity index (χ4v) is 3.39. The van der Waals surface area contributed by atoms with E-state index in [1.807, 2.05) is 6.07 Å². The second-order valence-electron chi connectivity index (χ2n) is 6.34. The first-order chi connectivity index (χ1) is 9.04. The Morgan fingerprint density at radius 2 is 2.32 bits per heavy atom. The minimum Gasteiger partial charge on any atom is -0.369 e.